The van der Waals surface area contributed by atoms with Gasteiger partial charge in [0.1, 0.15) is 5.75 Å². The van der Waals surface area contributed by atoms with Gasteiger partial charge in [-0.25, -0.2) is 0 Å². The van der Waals surface area contributed by atoms with Crippen molar-refractivity contribution in [1.82, 2.24) is 0 Å². The summed E-state index contributed by atoms with van der Waals surface area (Å²) in [5.74, 6) is 0.756. The van der Waals surface area contributed by atoms with Crippen LogP contribution in [0.5, 0.6) is 5.75 Å². The molecule has 2 rings (SSSR count). The van der Waals surface area contributed by atoms with Crippen LogP contribution in [0.3, 0.4) is 0 Å². The maximum absolute atomic E-state index is 5.52. The molecule has 0 spiro atoms. The van der Waals surface area contributed by atoms with E-state index in [-0.39, 0.29) is 0 Å². The summed E-state index contributed by atoms with van der Waals surface area (Å²) in [6, 6.07) is 17.7. The maximum Gasteiger partial charge on any atom is 0.178 e. The summed E-state index contributed by atoms with van der Waals surface area (Å²) in [5.41, 5.74) is 1.86. The van der Waals surface area contributed by atoms with Crippen molar-refractivity contribution in [3.8, 4) is 5.75 Å². The fourth-order valence-electron chi connectivity index (χ4n) is 1.97. The zero-order chi connectivity index (χ0) is 15.1. The zero-order valence-electron chi connectivity index (χ0n) is 12.0. The van der Waals surface area contributed by atoms with E-state index in [1.165, 1.54) is 0 Å². The minimum absolute atomic E-state index is 0.602. The van der Waals surface area contributed by atoms with Gasteiger partial charge in [0, 0.05) is 12.2 Å². The Kier molecular flexibility index (Phi) is 5.35. The number of para-hydroxylation sites is 3. The van der Waals surface area contributed by atoms with Crippen molar-refractivity contribution in [2.24, 2.45) is 0 Å². The SMILES string of the molecule is C=CCN(C(=S)Nc1ccccc1OC)c1ccccc1. The van der Waals surface area contributed by atoms with Crippen LogP contribution in [0.2, 0.25) is 0 Å². The third kappa shape index (κ3) is 3.83. The van der Waals surface area contributed by atoms with Crippen LogP contribution in [-0.2, 0) is 0 Å². The predicted octanol–water partition coefficient (Wildman–Crippen LogP) is 4.08. The molecular formula is C17H18N2OS. The van der Waals surface area contributed by atoms with Gasteiger partial charge in [0.05, 0.1) is 12.8 Å². The van der Waals surface area contributed by atoms with E-state index in [0.29, 0.717) is 11.7 Å². The molecule has 21 heavy (non-hydrogen) atoms. The van der Waals surface area contributed by atoms with Gasteiger partial charge in [0.25, 0.3) is 0 Å². The third-order valence-electron chi connectivity index (χ3n) is 2.97. The quantitative estimate of drug-likeness (QED) is 0.664. The highest BCUT2D eigenvalue weighted by Gasteiger charge is 2.12. The van der Waals surface area contributed by atoms with Crippen LogP contribution in [0.4, 0.5) is 11.4 Å². The Balaban J connectivity index is 2.21. The number of hydrogen-bond acceptors (Lipinski definition) is 2. The minimum atomic E-state index is 0.602. The zero-order valence-corrected chi connectivity index (χ0v) is 12.8. The van der Waals surface area contributed by atoms with Gasteiger partial charge < -0.3 is 15.0 Å². The fraction of sp³-hybridized carbons (Fsp3) is 0.118. The third-order valence-corrected chi connectivity index (χ3v) is 3.30. The van der Waals surface area contributed by atoms with E-state index in [4.69, 9.17) is 17.0 Å². The summed E-state index contributed by atoms with van der Waals surface area (Å²) >= 11 is 5.52. The van der Waals surface area contributed by atoms with Crippen molar-refractivity contribution in [2.75, 3.05) is 23.9 Å². The maximum atomic E-state index is 5.52. The van der Waals surface area contributed by atoms with Gasteiger partial charge in [-0.15, -0.1) is 6.58 Å². The molecule has 0 amide bonds. The Morgan fingerprint density at radius 2 is 1.86 bits per heavy atom. The molecule has 0 saturated carbocycles. The number of methoxy groups -OCH3 is 1. The molecule has 0 bridgehead atoms. The number of hydrogen-bond donors (Lipinski definition) is 1. The molecule has 4 heteroatoms. The molecule has 0 aromatic heterocycles. The van der Waals surface area contributed by atoms with E-state index in [0.717, 1.165) is 17.1 Å². The van der Waals surface area contributed by atoms with Crippen LogP contribution < -0.4 is 15.0 Å². The lowest BCUT2D eigenvalue weighted by molar-refractivity contribution is 0.417. The lowest BCUT2D eigenvalue weighted by atomic mass is 10.3. The molecule has 0 saturated heterocycles. The highest BCUT2D eigenvalue weighted by atomic mass is 32.1. The number of nitrogens with zero attached hydrogens (tertiary/aromatic N) is 1. The average Bonchev–Trinajstić information content (AvgIpc) is 2.53. The van der Waals surface area contributed by atoms with Crippen LogP contribution >= 0.6 is 12.2 Å². The van der Waals surface area contributed by atoms with Crippen molar-refractivity contribution in [1.29, 1.82) is 0 Å². The first-order valence-electron chi connectivity index (χ1n) is 6.63. The van der Waals surface area contributed by atoms with E-state index in [2.05, 4.69) is 11.9 Å². The molecule has 0 aliphatic heterocycles. The molecule has 0 unspecified atom stereocenters. The topological polar surface area (TPSA) is 24.5 Å². The Morgan fingerprint density at radius 3 is 2.52 bits per heavy atom. The van der Waals surface area contributed by atoms with Crippen LogP contribution in [0.15, 0.2) is 67.3 Å². The lowest BCUT2D eigenvalue weighted by Gasteiger charge is -2.25. The van der Waals surface area contributed by atoms with Gasteiger partial charge in [0.15, 0.2) is 5.11 Å². The predicted molar refractivity (Wildman–Crippen MR) is 93.2 cm³/mol. The molecule has 0 aliphatic rings. The van der Waals surface area contributed by atoms with E-state index in [9.17, 15) is 0 Å². The van der Waals surface area contributed by atoms with Gasteiger partial charge >= 0.3 is 0 Å². The van der Waals surface area contributed by atoms with Gasteiger partial charge in [-0.3, -0.25) is 0 Å². The Bertz CT molecular complexity index is 613. The average molecular weight is 298 g/mol. The fourth-order valence-corrected chi connectivity index (χ4v) is 2.26. The van der Waals surface area contributed by atoms with Crippen molar-refractivity contribution < 1.29 is 4.74 Å². The van der Waals surface area contributed by atoms with Gasteiger partial charge in [-0.05, 0) is 36.5 Å². The van der Waals surface area contributed by atoms with Crippen molar-refractivity contribution in [3.63, 3.8) is 0 Å². The number of anilines is 2. The monoisotopic (exact) mass is 298 g/mol. The molecule has 2 aromatic carbocycles. The van der Waals surface area contributed by atoms with Crippen LogP contribution in [0.1, 0.15) is 0 Å². The molecule has 0 fully saturated rings. The molecule has 0 atom stereocenters. The van der Waals surface area contributed by atoms with Gasteiger partial charge in [0.2, 0.25) is 0 Å². The minimum Gasteiger partial charge on any atom is -0.495 e. The summed E-state index contributed by atoms with van der Waals surface area (Å²) < 4.78 is 5.33. The number of rotatable bonds is 5. The standard InChI is InChI=1S/C17H18N2OS/c1-3-13-19(14-9-5-4-6-10-14)17(21)18-15-11-7-8-12-16(15)20-2/h3-12H,1,13H2,2H3,(H,18,21). The first-order valence-corrected chi connectivity index (χ1v) is 7.04. The molecule has 0 radical (unpaired) electrons. The molecule has 2 aromatic rings. The Hall–Kier alpha value is -2.33. The van der Waals surface area contributed by atoms with Gasteiger partial charge in [-0.2, -0.15) is 0 Å². The van der Waals surface area contributed by atoms with Crippen LogP contribution in [0.25, 0.3) is 0 Å². The smallest absolute Gasteiger partial charge is 0.178 e. The Morgan fingerprint density at radius 1 is 1.19 bits per heavy atom. The lowest BCUT2D eigenvalue weighted by Crippen LogP contribution is -2.34. The number of benzene rings is 2. The number of thiocarbonyl (C=S) groups is 1. The summed E-state index contributed by atoms with van der Waals surface area (Å²) in [6.07, 6.45) is 1.82. The first kappa shape index (κ1) is 15.1. The van der Waals surface area contributed by atoms with Gasteiger partial charge in [-0.1, -0.05) is 36.4 Å². The van der Waals surface area contributed by atoms with E-state index < -0.39 is 0 Å². The van der Waals surface area contributed by atoms with Crippen LogP contribution in [-0.4, -0.2) is 18.8 Å². The van der Waals surface area contributed by atoms with Crippen molar-refractivity contribution in [3.05, 3.63) is 67.3 Å². The summed E-state index contributed by atoms with van der Waals surface area (Å²) in [7, 11) is 1.64. The molecule has 3 nitrogen and oxygen atoms in total. The second-order valence-electron chi connectivity index (χ2n) is 4.37. The summed E-state index contributed by atoms with van der Waals surface area (Å²) in [6.45, 7) is 4.43. The molecule has 0 aliphatic carbocycles. The van der Waals surface area contributed by atoms with Crippen LogP contribution in [0, 0.1) is 0 Å². The Labute approximate surface area is 130 Å². The number of ether oxygens (including phenoxy) is 1. The molecule has 108 valence electrons. The normalized spacial score (nSPS) is 9.76. The first-order chi connectivity index (χ1) is 10.3. The number of nitrogens with one attached hydrogen (secondary N) is 1. The summed E-state index contributed by atoms with van der Waals surface area (Å²) in [5, 5.41) is 3.83. The van der Waals surface area contributed by atoms with Crippen molar-refractivity contribution in [2.45, 2.75) is 0 Å². The highest BCUT2D eigenvalue weighted by Crippen LogP contribution is 2.24. The molecule has 1 N–H and O–H groups in total. The second kappa shape index (κ2) is 7.45. The second-order valence-corrected chi connectivity index (χ2v) is 4.75. The molecule has 0 heterocycles. The van der Waals surface area contributed by atoms with E-state index in [1.807, 2.05) is 65.6 Å². The largest absolute Gasteiger partial charge is 0.495 e. The highest BCUT2D eigenvalue weighted by molar-refractivity contribution is 7.80. The summed E-state index contributed by atoms with van der Waals surface area (Å²) in [4.78, 5) is 1.98. The van der Waals surface area contributed by atoms with E-state index in [1.54, 1.807) is 7.11 Å². The van der Waals surface area contributed by atoms with Crippen molar-refractivity contribution >= 4 is 28.7 Å². The van der Waals surface area contributed by atoms with E-state index >= 15 is 0 Å². The molecular weight excluding hydrogens is 280 g/mol.